The van der Waals surface area contributed by atoms with Gasteiger partial charge < -0.3 is 20.1 Å². The normalized spacial score (nSPS) is 20.7. The minimum absolute atomic E-state index is 0.230. The van der Waals surface area contributed by atoms with Gasteiger partial charge in [-0.3, -0.25) is 0 Å². The maximum Gasteiger partial charge on any atom is 0.508 e. The quantitative estimate of drug-likeness (QED) is 0.506. The molecule has 1 aromatic heterocycles. The summed E-state index contributed by atoms with van der Waals surface area (Å²) in [6, 6.07) is 5.08. The van der Waals surface area contributed by atoms with Crippen LogP contribution in [0.3, 0.4) is 0 Å². The molecule has 5 nitrogen and oxygen atoms in total. The Morgan fingerprint density at radius 3 is 2.80 bits per heavy atom. The summed E-state index contributed by atoms with van der Waals surface area (Å²) in [7, 11) is -1.54. The monoisotopic (exact) mass is 208 g/mol. The Kier molecular flexibility index (Phi) is 2.90. The van der Waals surface area contributed by atoms with E-state index in [-0.39, 0.29) is 11.7 Å². The first-order valence-electron chi connectivity index (χ1n) is 4.93. The molecule has 0 bridgehead atoms. The molecule has 2 heterocycles. The summed E-state index contributed by atoms with van der Waals surface area (Å²) in [5.74, 6) is 0.678. The van der Waals surface area contributed by atoms with Crippen molar-refractivity contribution in [3.63, 3.8) is 0 Å². The fourth-order valence-electron chi connectivity index (χ4n) is 1.71. The second-order valence-electron chi connectivity index (χ2n) is 3.68. The Balaban J connectivity index is 2.18. The van der Waals surface area contributed by atoms with Crippen LogP contribution >= 0.6 is 0 Å². The highest BCUT2D eigenvalue weighted by molar-refractivity contribution is 6.57. The van der Waals surface area contributed by atoms with Gasteiger partial charge >= 0.3 is 7.12 Å². The molecule has 1 saturated heterocycles. The minimum Gasteiger partial charge on any atom is -0.422 e. The molecule has 0 saturated carbocycles. The molecule has 2 rings (SSSR count). The highest BCUT2D eigenvalue weighted by atomic mass is 16.4. The number of rotatable bonds is 2. The van der Waals surface area contributed by atoms with E-state index < -0.39 is 7.12 Å². The molecule has 1 aliphatic rings. The summed E-state index contributed by atoms with van der Waals surface area (Å²) in [5, 5.41) is 27.3. The number of β-amino-alcohol motifs (C(OH)–C–C–N with tert-alkyl or cyclic N) is 1. The third-order valence-electron chi connectivity index (χ3n) is 2.51. The number of aliphatic hydroxyl groups excluding tert-OH is 1. The molecule has 0 spiro atoms. The van der Waals surface area contributed by atoms with Crippen molar-refractivity contribution in [2.45, 2.75) is 12.5 Å². The van der Waals surface area contributed by atoms with Crippen molar-refractivity contribution in [3.05, 3.63) is 18.2 Å². The van der Waals surface area contributed by atoms with Crippen LogP contribution in [-0.2, 0) is 0 Å². The van der Waals surface area contributed by atoms with Gasteiger partial charge in [0.05, 0.1) is 11.7 Å². The lowest BCUT2D eigenvalue weighted by atomic mass is 9.86. The van der Waals surface area contributed by atoms with Gasteiger partial charge in [-0.25, -0.2) is 4.98 Å². The van der Waals surface area contributed by atoms with Gasteiger partial charge in [0, 0.05) is 13.1 Å². The predicted molar refractivity (Wildman–Crippen MR) is 56.9 cm³/mol. The van der Waals surface area contributed by atoms with Gasteiger partial charge in [0.25, 0.3) is 0 Å². The molecule has 6 heteroatoms. The number of nitrogens with zero attached hydrogens (tertiary/aromatic N) is 2. The summed E-state index contributed by atoms with van der Waals surface area (Å²) in [5.41, 5.74) is 0.230. The third kappa shape index (κ3) is 2.28. The SMILES string of the molecule is OB(O)c1cccc(N2CC[C@@H](O)C2)n1. The smallest absolute Gasteiger partial charge is 0.422 e. The van der Waals surface area contributed by atoms with Gasteiger partial charge in [0.2, 0.25) is 0 Å². The first-order chi connectivity index (χ1) is 7.16. The van der Waals surface area contributed by atoms with Gasteiger partial charge in [0.1, 0.15) is 5.82 Å². The van der Waals surface area contributed by atoms with Crippen LogP contribution in [0, 0.1) is 0 Å². The Hall–Kier alpha value is -1.11. The zero-order chi connectivity index (χ0) is 10.8. The van der Waals surface area contributed by atoms with Crippen molar-refractivity contribution >= 4 is 18.5 Å². The van der Waals surface area contributed by atoms with Gasteiger partial charge in [-0.05, 0) is 18.6 Å². The van der Waals surface area contributed by atoms with E-state index in [4.69, 9.17) is 10.0 Å². The summed E-state index contributed by atoms with van der Waals surface area (Å²) in [6.45, 7) is 1.30. The molecule has 1 fully saturated rings. The standard InChI is InChI=1S/C9H13BN2O3/c13-7-4-5-12(6-7)9-3-1-2-8(11-9)10(14)15/h1-3,7,13-15H,4-6H2/t7-/m1/s1. The van der Waals surface area contributed by atoms with Crippen LogP contribution in [0.25, 0.3) is 0 Å². The Bertz CT molecular complexity index is 348. The van der Waals surface area contributed by atoms with Crippen LogP contribution in [0.4, 0.5) is 5.82 Å². The molecule has 15 heavy (non-hydrogen) atoms. The number of hydrogen-bond acceptors (Lipinski definition) is 5. The molecule has 0 aromatic carbocycles. The topological polar surface area (TPSA) is 76.8 Å². The van der Waals surface area contributed by atoms with Crippen LogP contribution in [0.5, 0.6) is 0 Å². The van der Waals surface area contributed by atoms with Gasteiger partial charge in [0.15, 0.2) is 0 Å². The molecule has 80 valence electrons. The maximum atomic E-state index is 9.37. The van der Waals surface area contributed by atoms with Gasteiger partial charge in [-0.1, -0.05) is 6.07 Å². The van der Waals surface area contributed by atoms with E-state index >= 15 is 0 Å². The van der Waals surface area contributed by atoms with E-state index in [1.807, 2.05) is 4.90 Å². The average Bonchev–Trinajstić information content (AvgIpc) is 2.65. The number of hydrogen-bond donors (Lipinski definition) is 3. The van der Waals surface area contributed by atoms with Crippen molar-refractivity contribution in [3.8, 4) is 0 Å². The Morgan fingerprint density at radius 2 is 2.20 bits per heavy atom. The van der Waals surface area contributed by atoms with Crippen LogP contribution in [0.1, 0.15) is 6.42 Å². The zero-order valence-electron chi connectivity index (χ0n) is 8.24. The van der Waals surface area contributed by atoms with Crippen molar-refractivity contribution in [2.75, 3.05) is 18.0 Å². The average molecular weight is 208 g/mol. The molecule has 3 N–H and O–H groups in total. The highest BCUT2D eigenvalue weighted by Gasteiger charge is 2.22. The summed E-state index contributed by atoms with van der Waals surface area (Å²) in [4.78, 5) is 6.03. The van der Waals surface area contributed by atoms with E-state index in [1.165, 1.54) is 0 Å². The van der Waals surface area contributed by atoms with Crippen molar-refractivity contribution < 1.29 is 15.2 Å². The molecule has 1 atom stereocenters. The number of aromatic nitrogens is 1. The van der Waals surface area contributed by atoms with E-state index in [1.54, 1.807) is 18.2 Å². The first-order valence-corrected chi connectivity index (χ1v) is 4.93. The minimum atomic E-state index is -1.54. The largest absolute Gasteiger partial charge is 0.508 e. The van der Waals surface area contributed by atoms with E-state index in [0.29, 0.717) is 12.4 Å². The number of pyridine rings is 1. The molecular weight excluding hydrogens is 195 g/mol. The third-order valence-corrected chi connectivity index (χ3v) is 2.51. The predicted octanol–water partition coefficient (Wildman–Crippen LogP) is -1.67. The van der Waals surface area contributed by atoms with Crippen LogP contribution in [-0.4, -0.2) is 46.5 Å². The molecule has 0 amide bonds. The summed E-state index contributed by atoms with van der Waals surface area (Å²) in [6.07, 6.45) is 0.419. The fraction of sp³-hybridized carbons (Fsp3) is 0.444. The van der Waals surface area contributed by atoms with Crippen LogP contribution < -0.4 is 10.5 Å². The molecular formula is C9H13BN2O3. The molecule has 1 aromatic rings. The maximum absolute atomic E-state index is 9.37. The second kappa shape index (κ2) is 4.18. The molecule has 0 aliphatic carbocycles. The van der Waals surface area contributed by atoms with Crippen LogP contribution in [0.15, 0.2) is 18.2 Å². The number of anilines is 1. The van der Waals surface area contributed by atoms with Crippen molar-refractivity contribution in [1.82, 2.24) is 4.98 Å². The Morgan fingerprint density at radius 1 is 1.40 bits per heavy atom. The molecule has 1 aliphatic heterocycles. The van der Waals surface area contributed by atoms with Crippen molar-refractivity contribution in [2.24, 2.45) is 0 Å². The van der Waals surface area contributed by atoms with Crippen molar-refractivity contribution in [1.29, 1.82) is 0 Å². The van der Waals surface area contributed by atoms with E-state index in [9.17, 15) is 5.11 Å². The zero-order valence-corrected chi connectivity index (χ0v) is 8.24. The van der Waals surface area contributed by atoms with E-state index in [2.05, 4.69) is 4.98 Å². The Labute approximate surface area is 88.1 Å². The highest BCUT2D eigenvalue weighted by Crippen LogP contribution is 2.16. The number of aliphatic hydroxyl groups is 1. The fourth-order valence-corrected chi connectivity index (χ4v) is 1.71. The lowest BCUT2D eigenvalue weighted by Gasteiger charge is -2.17. The molecule has 0 radical (unpaired) electrons. The van der Waals surface area contributed by atoms with E-state index in [0.717, 1.165) is 13.0 Å². The second-order valence-corrected chi connectivity index (χ2v) is 3.68. The van der Waals surface area contributed by atoms with Gasteiger partial charge in [-0.2, -0.15) is 0 Å². The lowest BCUT2D eigenvalue weighted by molar-refractivity contribution is 0.198. The first kappa shape index (κ1) is 10.4. The molecule has 0 unspecified atom stereocenters. The van der Waals surface area contributed by atoms with Crippen LogP contribution in [0.2, 0.25) is 0 Å². The lowest BCUT2D eigenvalue weighted by Crippen LogP contribution is -2.34. The van der Waals surface area contributed by atoms with Gasteiger partial charge in [-0.15, -0.1) is 0 Å². The summed E-state index contributed by atoms with van der Waals surface area (Å²) < 4.78 is 0. The summed E-state index contributed by atoms with van der Waals surface area (Å²) >= 11 is 0.